The van der Waals surface area contributed by atoms with Gasteiger partial charge in [0.1, 0.15) is 12.4 Å². The van der Waals surface area contributed by atoms with Crippen LogP contribution in [-0.2, 0) is 11.3 Å². The van der Waals surface area contributed by atoms with Gasteiger partial charge in [-0.1, -0.05) is 35.9 Å². The second kappa shape index (κ2) is 7.55. The van der Waals surface area contributed by atoms with Crippen LogP contribution < -0.4 is 0 Å². The van der Waals surface area contributed by atoms with Crippen molar-refractivity contribution in [1.29, 1.82) is 0 Å². The highest BCUT2D eigenvalue weighted by molar-refractivity contribution is 5.85. The highest BCUT2D eigenvalue weighted by Crippen LogP contribution is 2.28. The van der Waals surface area contributed by atoms with Crippen LogP contribution in [0.15, 0.2) is 42.5 Å². The van der Waals surface area contributed by atoms with Gasteiger partial charge >= 0.3 is 0 Å². The molecule has 0 atom stereocenters. The Balaban J connectivity index is 2.12. The van der Waals surface area contributed by atoms with E-state index in [0.717, 1.165) is 22.4 Å². The zero-order chi connectivity index (χ0) is 19.7. The van der Waals surface area contributed by atoms with Crippen molar-refractivity contribution in [2.45, 2.75) is 60.2 Å². The summed E-state index contributed by atoms with van der Waals surface area (Å²) < 4.78 is 2.06. The highest BCUT2D eigenvalue weighted by atomic mass is 16.2. The minimum absolute atomic E-state index is 0.120. The molecule has 0 fully saturated rings. The Bertz CT molecular complexity index is 961. The summed E-state index contributed by atoms with van der Waals surface area (Å²) in [5.41, 5.74) is 5.38. The van der Waals surface area contributed by atoms with Crippen LogP contribution in [0.1, 0.15) is 38.8 Å². The van der Waals surface area contributed by atoms with Crippen LogP contribution in [-0.4, -0.2) is 32.4 Å². The molecule has 1 heterocycles. The second-order valence-corrected chi connectivity index (χ2v) is 7.82. The van der Waals surface area contributed by atoms with Crippen molar-refractivity contribution in [3.63, 3.8) is 0 Å². The number of hydrogen-bond acceptors (Lipinski definition) is 2. The summed E-state index contributed by atoms with van der Waals surface area (Å²) >= 11 is 0. The van der Waals surface area contributed by atoms with Crippen LogP contribution in [0.5, 0.6) is 0 Å². The lowest BCUT2D eigenvalue weighted by Gasteiger charge is -2.31. The zero-order valence-corrected chi connectivity index (χ0v) is 17.2. The van der Waals surface area contributed by atoms with Gasteiger partial charge < -0.3 is 9.47 Å². The molecule has 0 aliphatic carbocycles. The summed E-state index contributed by atoms with van der Waals surface area (Å²) in [7, 11) is 0. The van der Waals surface area contributed by atoms with Gasteiger partial charge in [-0.15, -0.1) is 0 Å². The first-order valence-corrected chi connectivity index (χ1v) is 9.63. The molecule has 4 nitrogen and oxygen atoms in total. The third-order valence-corrected chi connectivity index (χ3v) is 4.97. The summed E-state index contributed by atoms with van der Waals surface area (Å²) in [6.45, 7) is 12.7. The monoisotopic (exact) mass is 363 g/mol. The Morgan fingerprint density at radius 3 is 2.33 bits per heavy atom. The average Bonchev–Trinajstić information content (AvgIpc) is 2.92. The fourth-order valence-electron chi connectivity index (χ4n) is 3.89. The van der Waals surface area contributed by atoms with Crippen molar-refractivity contribution in [2.75, 3.05) is 0 Å². The van der Waals surface area contributed by atoms with Crippen molar-refractivity contribution in [3.05, 3.63) is 53.6 Å². The Labute approximate surface area is 161 Å². The fraction of sp³-hybridized carbons (Fsp3) is 0.391. The van der Waals surface area contributed by atoms with Crippen LogP contribution in [0, 0.1) is 13.8 Å². The Kier molecular flexibility index (Phi) is 5.36. The van der Waals surface area contributed by atoms with Gasteiger partial charge in [0.2, 0.25) is 5.91 Å². The van der Waals surface area contributed by atoms with Crippen molar-refractivity contribution in [3.8, 4) is 11.4 Å². The number of rotatable bonds is 5. The van der Waals surface area contributed by atoms with E-state index < -0.39 is 0 Å². The molecule has 4 heteroatoms. The predicted molar refractivity (Wildman–Crippen MR) is 112 cm³/mol. The number of para-hydroxylation sites is 2. The second-order valence-electron chi connectivity index (χ2n) is 7.82. The number of aryl methyl sites for hydroxylation is 2. The summed E-state index contributed by atoms with van der Waals surface area (Å²) in [6, 6.07) is 14.7. The first kappa shape index (κ1) is 19.2. The summed E-state index contributed by atoms with van der Waals surface area (Å²) in [5.74, 6) is 0.976. The molecule has 0 radical (unpaired) electrons. The fourth-order valence-corrected chi connectivity index (χ4v) is 3.89. The lowest BCUT2D eigenvalue weighted by molar-refractivity contribution is -0.135. The number of fused-ring (bicyclic) bond motifs is 1. The maximum absolute atomic E-state index is 13.1. The van der Waals surface area contributed by atoms with Crippen LogP contribution in [0.4, 0.5) is 0 Å². The van der Waals surface area contributed by atoms with Crippen LogP contribution in [0.25, 0.3) is 22.4 Å². The Hall–Kier alpha value is -2.62. The number of amides is 1. The normalized spacial score (nSPS) is 11.6. The van der Waals surface area contributed by atoms with Gasteiger partial charge in [0.05, 0.1) is 11.0 Å². The average molecular weight is 364 g/mol. The lowest BCUT2D eigenvalue weighted by atomic mass is 10.1. The molecule has 3 aromatic rings. The first-order chi connectivity index (χ1) is 12.8. The van der Waals surface area contributed by atoms with E-state index in [1.807, 2.05) is 29.2 Å². The summed E-state index contributed by atoms with van der Waals surface area (Å²) in [5, 5.41) is 0. The van der Waals surface area contributed by atoms with Gasteiger partial charge in [-0.25, -0.2) is 4.98 Å². The van der Waals surface area contributed by atoms with Crippen molar-refractivity contribution in [1.82, 2.24) is 14.5 Å². The van der Waals surface area contributed by atoms with Crippen LogP contribution in [0.2, 0.25) is 0 Å². The number of hydrogen-bond donors (Lipinski definition) is 0. The van der Waals surface area contributed by atoms with E-state index in [9.17, 15) is 4.79 Å². The van der Waals surface area contributed by atoms with Gasteiger partial charge in [-0.3, -0.25) is 4.79 Å². The first-order valence-electron chi connectivity index (χ1n) is 9.63. The molecule has 0 aliphatic heterocycles. The van der Waals surface area contributed by atoms with Crippen molar-refractivity contribution >= 4 is 16.9 Å². The molecule has 0 unspecified atom stereocenters. The molecule has 2 aromatic carbocycles. The molecule has 0 saturated carbocycles. The number of carbonyl (C=O) groups excluding carboxylic acids is 1. The highest BCUT2D eigenvalue weighted by Gasteiger charge is 2.23. The molecule has 0 aliphatic rings. The standard InChI is InChI=1S/C23H29N3O/c1-15(2)26(16(3)4)22(27)14-25-21-10-8-7-9-20(21)24-23(25)19-12-11-17(5)13-18(19)6/h7-13,15-16H,14H2,1-6H3. The number of aromatic nitrogens is 2. The molecular formula is C23H29N3O. The molecule has 0 bridgehead atoms. The molecular weight excluding hydrogens is 334 g/mol. The molecule has 27 heavy (non-hydrogen) atoms. The van der Waals surface area contributed by atoms with Gasteiger partial charge in [-0.2, -0.15) is 0 Å². The SMILES string of the molecule is Cc1ccc(-c2nc3ccccc3n2CC(=O)N(C(C)C)C(C)C)c(C)c1. The summed E-state index contributed by atoms with van der Waals surface area (Å²) in [4.78, 5) is 19.9. The topological polar surface area (TPSA) is 38.1 Å². The maximum atomic E-state index is 13.1. The van der Waals surface area contributed by atoms with E-state index in [4.69, 9.17) is 4.98 Å². The Morgan fingerprint density at radius 1 is 1.04 bits per heavy atom. The van der Waals surface area contributed by atoms with Gasteiger partial charge in [0.15, 0.2) is 0 Å². The molecule has 0 N–H and O–H groups in total. The van der Waals surface area contributed by atoms with Crippen molar-refractivity contribution in [2.24, 2.45) is 0 Å². The van der Waals surface area contributed by atoms with E-state index in [1.54, 1.807) is 0 Å². The van der Waals surface area contributed by atoms with Gasteiger partial charge in [0, 0.05) is 17.6 Å². The van der Waals surface area contributed by atoms with E-state index in [0.29, 0.717) is 6.54 Å². The molecule has 3 rings (SSSR count). The predicted octanol–water partition coefficient (Wildman–Crippen LogP) is 4.97. The lowest BCUT2D eigenvalue weighted by Crippen LogP contribution is -2.43. The minimum Gasteiger partial charge on any atom is -0.336 e. The molecule has 142 valence electrons. The van der Waals surface area contributed by atoms with E-state index in [2.05, 4.69) is 64.3 Å². The van der Waals surface area contributed by atoms with E-state index in [-0.39, 0.29) is 18.0 Å². The van der Waals surface area contributed by atoms with Gasteiger partial charge in [-0.05, 0) is 59.2 Å². The molecule has 1 amide bonds. The largest absolute Gasteiger partial charge is 0.336 e. The van der Waals surface area contributed by atoms with E-state index in [1.165, 1.54) is 11.1 Å². The van der Waals surface area contributed by atoms with Crippen LogP contribution >= 0.6 is 0 Å². The number of carbonyl (C=O) groups is 1. The molecule has 1 aromatic heterocycles. The third-order valence-electron chi connectivity index (χ3n) is 4.97. The third kappa shape index (κ3) is 3.75. The zero-order valence-electron chi connectivity index (χ0n) is 17.2. The number of benzene rings is 2. The van der Waals surface area contributed by atoms with Crippen molar-refractivity contribution < 1.29 is 4.79 Å². The minimum atomic E-state index is 0.120. The molecule has 0 saturated heterocycles. The summed E-state index contributed by atoms with van der Waals surface area (Å²) in [6.07, 6.45) is 0. The smallest absolute Gasteiger partial charge is 0.243 e. The van der Waals surface area contributed by atoms with E-state index >= 15 is 0 Å². The van der Waals surface area contributed by atoms with Gasteiger partial charge in [0.25, 0.3) is 0 Å². The number of imidazole rings is 1. The Morgan fingerprint density at radius 2 is 1.70 bits per heavy atom. The van der Waals surface area contributed by atoms with Crippen LogP contribution in [0.3, 0.4) is 0 Å². The maximum Gasteiger partial charge on any atom is 0.243 e. The number of nitrogens with zero attached hydrogens (tertiary/aromatic N) is 3. The molecule has 0 spiro atoms. The quantitative estimate of drug-likeness (QED) is 0.642.